The van der Waals surface area contributed by atoms with E-state index in [4.69, 9.17) is 0 Å². The first-order valence-electron chi connectivity index (χ1n) is 5.03. The zero-order chi connectivity index (χ0) is 8.22. The van der Waals surface area contributed by atoms with Gasteiger partial charge in [0.25, 0.3) is 0 Å². The van der Waals surface area contributed by atoms with Gasteiger partial charge in [-0.2, -0.15) is 0 Å². The molecule has 3 saturated carbocycles. The monoisotopic (exact) mass is 152 g/mol. The van der Waals surface area contributed by atoms with Crippen molar-refractivity contribution in [2.75, 3.05) is 0 Å². The largest absolute Gasteiger partial charge is 0.0622 e. The molecule has 0 heterocycles. The van der Waals surface area contributed by atoms with Crippen molar-refractivity contribution >= 4 is 0 Å². The predicted octanol–water partition coefficient (Wildman–Crippen LogP) is 3.32. The fourth-order valence-electron chi connectivity index (χ4n) is 3.41. The van der Waals surface area contributed by atoms with E-state index in [1.54, 1.807) is 0 Å². The fraction of sp³-hybridized carbons (Fsp3) is 1.00. The second-order valence-corrected chi connectivity index (χ2v) is 5.43. The van der Waals surface area contributed by atoms with Gasteiger partial charge in [-0.15, -0.1) is 0 Å². The Morgan fingerprint density at radius 2 is 1.73 bits per heavy atom. The minimum absolute atomic E-state index is 0.686. The van der Waals surface area contributed by atoms with Gasteiger partial charge in [-0.25, -0.2) is 0 Å². The summed E-state index contributed by atoms with van der Waals surface area (Å²) < 4.78 is 0. The Labute approximate surface area is 70.4 Å². The van der Waals surface area contributed by atoms with Crippen LogP contribution in [0.1, 0.15) is 40.5 Å². The molecular weight excluding hydrogens is 132 g/mol. The highest BCUT2D eigenvalue weighted by Crippen LogP contribution is 2.62. The van der Waals surface area contributed by atoms with E-state index in [0.717, 1.165) is 23.7 Å². The summed E-state index contributed by atoms with van der Waals surface area (Å²) in [4.78, 5) is 0. The predicted molar refractivity (Wildman–Crippen MR) is 48.3 cm³/mol. The molecule has 0 spiro atoms. The van der Waals surface area contributed by atoms with Crippen LogP contribution in [0.2, 0.25) is 0 Å². The van der Waals surface area contributed by atoms with Crippen molar-refractivity contribution in [3.63, 3.8) is 0 Å². The Morgan fingerprint density at radius 3 is 2.09 bits per heavy atom. The zero-order valence-corrected chi connectivity index (χ0v) is 8.22. The molecule has 0 unspecified atom stereocenters. The maximum atomic E-state index is 2.47. The van der Waals surface area contributed by atoms with E-state index in [2.05, 4.69) is 27.7 Å². The summed E-state index contributed by atoms with van der Waals surface area (Å²) in [6.07, 6.45) is 3.02. The molecule has 0 aromatic heterocycles. The maximum Gasteiger partial charge on any atom is -0.0295 e. The number of hydrogen-bond donors (Lipinski definition) is 0. The topological polar surface area (TPSA) is 0 Å². The highest BCUT2D eigenvalue weighted by molar-refractivity contribution is 5.03. The van der Waals surface area contributed by atoms with E-state index in [1.165, 1.54) is 12.8 Å². The molecule has 4 atom stereocenters. The third-order valence-electron chi connectivity index (χ3n) is 4.73. The quantitative estimate of drug-likeness (QED) is 0.499. The zero-order valence-electron chi connectivity index (χ0n) is 8.22. The molecule has 0 N–H and O–H groups in total. The minimum Gasteiger partial charge on any atom is -0.0622 e. The SMILES string of the molecule is C[C@@H]1[C@H](C)C[C@@H]2C[C@H]1C2(C)C. The van der Waals surface area contributed by atoms with Crippen LogP contribution in [0.5, 0.6) is 0 Å². The number of hydrogen-bond acceptors (Lipinski definition) is 0. The minimum atomic E-state index is 0.686. The van der Waals surface area contributed by atoms with Crippen molar-refractivity contribution in [1.82, 2.24) is 0 Å². The first-order valence-corrected chi connectivity index (χ1v) is 5.03. The van der Waals surface area contributed by atoms with Gasteiger partial charge < -0.3 is 0 Å². The molecule has 64 valence electrons. The lowest BCUT2D eigenvalue weighted by atomic mass is 9.44. The molecule has 2 bridgehead atoms. The molecule has 3 aliphatic rings. The molecular formula is C11H20. The van der Waals surface area contributed by atoms with E-state index in [-0.39, 0.29) is 0 Å². The first-order chi connectivity index (χ1) is 5.03. The first kappa shape index (κ1) is 7.64. The summed E-state index contributed by atoms with van der Waals surface area (Å²) in [6, 6.07) is 0. The summed E-state index contributed by atoms with van der Waals surface area (Å²) in [6.45, 7) is 9.81. The van der Waals surface area contributed by atoms with Gasteiger partial charge in [0.15, 0.2) is 0 Å². The molecule has 0 aromatic rings. The van der Waals surface area contributed by atoms with Crippen LogP contribution in [-0.4, -0.2) is 0 Å². The van der Waals surface area contributed by atoms with Gasteiger partial charge in [-0.1, -0.05) is 27.7 Å². The van der Waals surface area contributed by atoms with Crippen LogP contribution < -0.4 is 0 Å². The van der Waals surface area contributed by atoms with Crippen molar-refractivity contribution in [2.24, 2.45) is 29.1 Å². The molecule has 0 radical (unpaired) electrons. The van der Waals surface area contributed by atoms with Crippen LogP contribution in [0, 0.1) is 29.1 Å². The fourth-order valence-corrected chi connectivity index (χ4v) is 3.41. The number of rotatable bonds is 0. The van der Waals surface area contributed by atoms with E-state index in [9.17, 15) is 0 Å². The van der Waals surface area contributed by atoms with Crippen molar-refractivity contribution in [3.8, 4) is 0 Å². The van der Waals surface area contributed by atoms with Crippen molar-refractivity contribution in [1.29, 1.82) is 0 Å². The average Bonchev–Trinajstić information content (AvgIpc) is 1.93. The standard InChI is InChI=1S/C11H20/c1-7-5-9-6-10(8(7)2)11(9,3)4/h7-10H,5-6H2,1-4H3/t7-,8-,9-,10-/m1/s1. The molecule has 0 heteroatoms. The lowest BCUT2D eigenvalue weighted by Gasteiger charge is -2.61. The van der Waals surface area contributed by atoms with Gasteiger partial charge in [-0.05, 0) is 41.9 Å². The molecule has 0 amide bonds. The summed E-state index contributed by atoms with van der Waals surface area (Å²) in [5.74, 6) is 4.07. The lowest BCUT2D eigenvalue weighted by Crippen LogP contribution is -2.54. The van der Waals surface area contributed by atoms with Gasteiger partial charge in [0.1, 0.15) is 0 Å². The van der Waals surface area contributed by atoms with Crippen molar-refractivity contribution in [3.05, 3.63) is 0 Å². The van der Waals surface area contributed by atoms with E-state index < -0.39 is 0 Å². The smallest absolute Gasteiger partial charge is 0.0295 e. The third kappa shape index (κ3) is 0.816. The molecule has 3 aliphatic carbocycles. The molecule has 11 heavy (non-hydrogen) atoms. The average molecular weight is 152 g/mol. The van der Waals surface area contributed by atoms with E-state index in [0.29, 0.717) is 5.41 Å². The lowest BCUT2D eigenvalue weighted by molar-refractivity contribution is -0.124. The second kappa shape index (κ2) is 2.02. The molecule has 0 aromatic carbocycles. The third-order valence-corrected chi connectivity index (χ3v) is 4.73. The van der Waals surface area contributed by atoms with Crippen LogP contribution in [0.25, 0.3) is 0 Å². The van der Waals surface area contributed by atoms with Crippen molar-refractivity contribution < 1.29 is 0 Å². The van der Waals surface area contributed by atoms with E-state index >= 15 is 0 Å². The Balaban J connectivity index is 2.17. The summed E-state index contributed by atoms with van der Waals surface area (Å²) in [7, 11) is 0. The molecule has 0 saturated heterocycles. The normalized spacial score (nSPS) is 53.5. The Bertz CT molecular complexity index is 169. The summed E-state index contributed by atoms with van der Waals surface area (Å²) in [5, 5.41) is 0. The van der Waals surface area contributed by atoms with Crippen LogP contribution in [0.15, 0.2) is 0 Å². The van der Waals surface area contributed by atoms with E-state index in [1.807, 2.05) is 0 Å². The molecule has 3 rings (SSSR count). The van der Waals surface area contributed by atoms with Gasteiger partial charge in [-0.3, -0.25) is 0 Å². The second-order valence-electron chi connectivity index (χ2n) is 5.43. The Hall–Kier alpha value is 0. The van der Waals surface area contributed by atoms with Crippen LogP contribution in [-0.2, 0) is 0 Å². The molecule has 3 fully saturated rings. The molecule has 0 nitrogen and oxygen atoms in total. The summed E-state index contributed by atoms with van der Waals surface area (Å²) >= 11 is 0. The van der Waals surface area contributed by atoms with Crippen LogP contribution >= 0.6 is 0 Å². The van der Waals surface area contributed by atoms with Crippen molar-refractivity contribution in [2.45, 2.75) is 40.5 Å². The van der Waals surface area contributed by atoms with Gasteiger partial charge >= 0.3 is 0 Å². The van der Waals surface area contributed by atoms with Gasteiger partial charge in [0.2, 0.25) is 0 Å². The number of fused-ring (bicyclic) bond motifs is 2. The highest BCUT2D eigenvalue weighted by Gasteiger charge is 2.54. The molecule has 0 aliphatic heterocycles. The Kier molecular flexibility index (Phi) is 1.41. The van der Waals surface area contributed by atoms with Gasteiger partial charge in [0, 0.05) is 0 Å². The highest BCUT2D eigenvalue weighted by atomic mass is 14.6. The maximum absolute atomic E-state index is 2.47. The van der Waals surface area contributed by atoms with Crippen LogP contribution in [0.3, 0.4) is 0 Å². The summed E-state index contributed by atoms with van der Waals surface area (Å²) in [5.41, 5.74) is 0.686. The Morgan fingerprint density at radius 1 is 1.09 bits per heavy atom. The van der Waals surface area contributed by atoms with Crippen LogP contribution in [0.4, 0.5) is 0 Å². The van der Waals surface area contributed by atoms with Gasteiger partial charge in [0.05, 0.1) is 0 Å².